The molecule has 0 saturated heterocycles. The molecule has 0 radical (unpaired) electrons. The van der Waals surface area contributed by atoms with E-state index in [4.69, 9.17) is 16.7 Å². The Hall–Kier alpha value is -1.65. The maximum atomic E-state index is 14.4. The zero-order chi connectivity index (χ0) is 18.1. The molecule has 134 valence electrons. The van der Waals surface area contributed by atoms with Gasteiger partial charge in [-0.05, 0) is 12.1 Å². The number of aromatic nitrogens is 3. The van der Waals surface area contributed by atoms with Crippen molar-refractivity contribution in [2.24, 2.45) is 0 Å². The van der Waals surface area contributed by atoms with Crippen molar-refractivity contribution < 1.29 is 14.3 Å². The van der Waals surface area contributed by atoms with E-state index >= 15 is 0 Å². The second-order valence-corrected chi connectivity index (χ2v) is 7.82. The number of rotatable bonds is 4. The van der Waals surface area contributed by atoms with E-state index in [1.54, 1.807) is 11.8 Å². The zero-order valence-corrected chi connectivity index (χ0v) is 15.2. The summed E-state index contributed by atoms with van der Waals surface area (Å²) in [4.78, 5) is 36.2. The number of carboxylic acid groups (broad SMARTS) is 1. The third-order valence-corrected chi connectivity index (χ3v) is 6.01. The minimum absolute atomic E-state index is 0.0258. The molecule has 1 aliphatic heterocycles. The monoisotopic (exact) mass is 405 g/mol. The highest BCUT2D eigenvalue weighted by molar-refractivity contribution is 8.00. The van der Waals surface area contributed by atoms with Crippen LogP contribution in [0, 0.1) is 5.82 Å². The van der Waals surface area contributed by atoms with Gasteiger partial charge in [0.05, 0.1) is 29.6 Å². The Labute approximate surface area is 154 Å². The van der Waals surface area contributed by atoms with E-state index in [1.165, 1.54) is 15.4 Å². The molecule has 0 spiro atoms. The van der Waals surface area contributed by atoms with Gasteiger partial charge < -0.3 is 5.11 Å². The van der Waals surface area contributed by atoms with E-state index in [1.807, 2.05) is 0 Å². The van der Waals surface area contributed by atoms with Gasteiger partial charge in [0.1, 0.15) is 5.82 Å². The molecule has 0 aliphatic carbocycles. The van der Waals surface area contributed by atoms with Gasteiger partial charge in [0, 0.05) is 16.4 Å². The van der Waals surface area contributed by atoms with Gasteiger partial charge in [-0.1, -0.05) is 11.6 Å². The number of thioether (sulfide) groups is 2. The number of fused-ring (bicyclic) bond motifs is 1. The van der Waals surface area contributed by atoms with Crippen LogP contribution in [0.4, 0.5) is 4.39 Å². The van der Waals surface area contributed by atoms with Gasteiger partial charge in [0.15, 0.2) is 0 Å². The van der Waals surface area contributed by atoms with Crippen molar-refractivity contribution >= 4 is 41.1 Å². The van der Waals surface area contributed by atoms with Crippen LogP contribution >= 0.6 is 35.1 Å². The van der Waals surface area contributed by atoms with Crippen LogP contribution in [0.15, 0.2) is 26.6 Å². The molecule has 0 fully saturated rings. The molecule has 1 aliphatic rings. The molecule has 25 heavy (non-hydrogen) atoms. The maximum absolute atomic E-state index is 14.4. The van der Waals surface area contributed by atoms with Gasteiger partial charge >= 0.3 is 17.3 Å². The molecular weight excluding hydrogens is 393 g/mol. The predicted molar refractivity (Wildman–Crippen MR) is 94.9 cm³/mol. The van der Waals surface area contributed by atoms with Crippen molar-refractivity contribution in [1.29, 1.82) is 0 Å². The SMILES string of the molecule is O=C(O)CSc1cc(-n2c(=O)n3n(c2=O)CCSCC3)c(F)cc1Cl. The lowest BCUT2D eigenvalue weighted by Gasteiger charge is -2.07. The summed E-state index contributed by atoms with van der Waals surface area (Å²) in [5.41, 5.74) is -1.47. The fourth-order valence-electron chi connectivity index (χ4n) is 2.50. The third kappa shape index (κ3) is 3.51. The van der Waals surface area contributed by atoms with Gasteiger partial charge in [-0.15, -0.1) is 11.8 Å². The van der Waals surface area contributed by atoms with E-state index < -0.39 is 23.2 Å². The Bertz CT molecular complexity index is 915. The lowest BCUT2D eigenvalue weighted by Crippen LogP contribution is -2.28. The number of carbonyl (C=O) groups is 1. The fourth-order valence-corrected chi connectivity index (χ4v) is 4.29. The van der Waals surface area contributed by atoms with Crippen LogP contribution in [-0.4, -0.2) is 42.3 Å². The molecule has 7 nitrogen and oxygen atoms in total. The average Bonchev–Trinajstić information content (AvgIpc) is 2.73. The Morgan fingerprint density at radius 1 is 1.24 bits per heavy atom. The van der Waals surface area contributed by atoms with Gasteiger partial charge in [-0.3, -0.25) is 4.79 Å². The number of nitrogens with zero attached hydrogens (tertiary/aromatic N) is 3. The average molecular weight is 406 g/mol. The molecule has 0 unspecified atom stereocenters. The Morgan fingerprint density at radius 3 is 2.40 bits per heavy atom. The largest absolute Gasteiger partial charge is 0.481 e. The highest BCUT2D eigenvalue weighted by atomic mass is 35.5. The van der Waals surface area contributed by atoms with Crippen LogP contribution in [0.3, 0.4) is 0 Å². The quantitative estimate of drug-likeness (QED) is 0.776. The van der Waals surface area contributed by atoms with Crippen LogP contribution in [-0.2, 0) is 17.9 Å². The van der Waals surface area contributed by atoms with Gasteiger partial charge in [0.2, 0.25) is 0 Å². The molecule has 2 heterocycles. The number of hydrogen-bond acceptors (Lipinski definition) is 5. The summed E-state index contributed by atoms with van der Waals surface area (Å²) in [6, 6.07) is 2.22. The van der Waals surface area contributed by atoms with Crippen molar-refractivity contribution in [3.8, 4) is 5.69 Å². The first-order chi connectivity index (χ1) is 11.9. The molecule has 0 saturated carbocycles. The normalized spacial score (nSPS) is 14.2. The van der Waals surface area contributed by atoms with E-state index in [2.05, 4.69) is 0 Å². The predicted octanol–water partition coefficient (Wildman–Crippen LogP) is 1.52. The molecule has 11 heteroatoms. The number of halogens is 2. The summed E-state index contributed by atoms with van der Waals surface area (Å²) >= 11 is 8.47. The minimum Gasteiger partial charge on any atom is -0.481 e. The minimum atomic E-state index is -1.06. The smallest absolute Gasteiger partial charge is 0.351 e. The van der Waals surface area contributed by atoms with Crippen LogP contribution in [0.2, 0.25) is 5.02 Å². The molecule has 1 aromatic carbocycles. The second kappa shape index (κ2) is 7.30. The summed E-state index contributed by atoms with van der Waals surface area (Å²) in [6.07, 6.45) is 0. The van der Waals surface area contributed by atoms with E-state index in [-0.39, 0.29) is 21.4 Å². The highest BCUT2D eigenvalue weighted by Crippen LogP contribution is 2.30. The van der Waals surface area contributed by atoms with E-state index in [9.17, 15) is 18.8 Å². The van der Waals surface area contributed by atoms with Gasteiger partial charge in [-0.2, -0.15) is 11.8 Å². The van der Waals surface area contributed by atoms with Crippen LogP contribution in [0.25, 0.3) is 5.69 Å². The van der Waals surface area contributed by atoms with Crippen molar-refractivity contribution in [3.05, 3.63) is 43.9 Å². The number of aliphatic carboxylic acids is 1. The molecule has 2 aromatic rings. The molecule has 1 aromatic heterocycles. The summed E-state index contributed by atoms with van der Waals surface area (Å²) in [5.74, 6) is -0.780. The molecule has 3 rings (SSSR count). The number of hydrogen-bond donors (Lipinski definition) is 1. The second-order valence-electron chi connectivity index (χ2n) is 5.18. The summed E-state index contributed by atoms with van der Waals surface area (Å²) in [6.45, 7) is 0.725. The van der Waals surface area contributed by atoms with Crippen molar-refractivity contribution in [2.45, 2.75) is 18.0 Å². The molecule has 0 amide bonds. The first kappa shape index (κ1) is 18.2. The molecular formula is C14H13ClFN3O4S2. The summed E-state index contributed by atoms with van der Waals surface area (Å²) in [7, 11) is 0. The first-order valence-electron chi connectivity index (χ1n) is 7.24. The standard InChI is InChI=1S/C14H13ClFN3O4S2/c15-8-5-9(16)10(6-11(8)25-7-12(20)21)19-13(22)17-1-3-24-4-2-18(17)14(19)23/h5-6H,1-4,7H2,(H,20,21). The lowest BCUT2D eigenvalue weighted by atomic mass is 10.3. The van der Waals surface area contributed by atoms with Crippen LogP contribution < -0.4 is 11.4 Å². The Morgan fingerprint density at radius 2 is 1.84 bits per heavy atom. The van der Waals surface area contributed by atoms with Crippen LogP contribution in [0.1, 0.15) is 0 Å². The van der Waals surface area contributed by atoms with E-state index in [0.717, 1.165) is 22.4 Å². The molecule has 1 N–H and O–H groups in total. The first-order valence-corrected chi connectivity index (χ1v) is 9.76. The number of carboxylic acids is 1. The topological polar surface area (TPSA) is 86.2 Å². The van der Waals surface area contributed by atoms with Crippen molar-refractivity contribution in [3.63, 3.8) is 0 Å². The zero-order valence-electron chi connectivity index (χ0n) is 12.8. The maximum Gasteiger partial charge on any atom is 0.351 e. The Balaban J connectivity index is 2.14. The van der Waals surface area contributed by atoms with Gasteiger partial charge in [0.25, 0.3) is 0 Å². The highest BCUT2D eigenvalue weighted by Gasteiger charge is 2.22. The third-order valence-electron chi connectivity index (χ3n) is 3.60. The van der Waals surface area contributed by atoms with Gasteiger partial charge in [-0.25, -0.2) is 27.9 Å². The Kier molecular flexibility index (Phi) is 5.30. The van der Waals surface area contributed by atoms with Crippen molar-refractivity contribution in [2.75, 3.05) is 17.3 Å². The van der Waals surface area contributed by atoms with E-state index in [0.29, 0.717) is 24.6 Å². The lowest BCUT2D eigenvalue weighted by molar-refractivity contribution is -0.133. The molecule has 0 bridgehead atoms. The fraction of sp³-hybridized carbons (Fsp3) is 0.357. The van der Waals surface area contributed by atoms with Crippen molar-refractivity contribution in [1.82, 2.24) is 13.9 Å². The van der Waals surface area contributed by atoms with Crippen LogP contribution in [0.5, 0.6) is 0 Å². The molecule has 0 atom stereocenters. The number of benzene rings is 1. The summed E-state index contributed by atoms with van der Waals surface area (Å²) in [5, 5.41) is 8.81. The summed E-state index contributed by atoms with van der Waals surface area (Å²) < 4.78 is 17.8.